The van der Waals surface area contributed by atoms with Crippen molar-refractivity contribution < 1.29 is 9.32 Å². The van der Waals surface area contributed by atoms with Crippen LogP contribution >= 0.6 is 0 Å². The van der Waals surface area contributed by atoms with Gasteiger partial charge in [0.25, 0.3) is 0 Å². The molecule has 0 aromatic carbocycles. The van der Waals surface area contributed by atoms with Crippen LogP contribution in [0.1, 0.15) is 37.5 Å². The first-order chi connectivity index (χ1) is 10.7. The van der Waals surface area contributed by atoms with Crippen LogP contribution in [-0.2, 0) is 11.8 Å². The van der Waals surface area contributed by atoms with E-state index in [1.807, 2.05) is 34.8 Å². The molecule has 4 rings (SSSR count). The van der Waals surface area contributed by atoms with Crippen molar-refractivity contribution in [3.63, 3.8) is 0 Å². The van der Waals surface area contributed by atoms with Crippen LogP contribution in [0.3, 0.4) is 0 Å². The number of likely N-dealkylation sites (tertiary alicyclic amines) is 1. The lowest BCUT2D eigenvalue weighted by molar-refractivity contribution is -0.137. The number of rotatable bonds is 3. The van der Waals surface area contributed by atoms with Crippen LogP contribution in [0.5, 0.6) is 0 Å². The molecule has 1 aliphatic heterocycles. The van der Waals surface area contributed by atoms with Crippen LogP contribution in [0.2, 0.25) is 0 Å². The maximum Gasteiger partial charge on any atom is 0.231 e. The molecule has 2 fully saturated rings. The van der Waals surface area contributed by atoms with E-state index < -0.39 is 0 Å². The molecule has 2 aromatic heterocycles. The monoisotopic (exact) mass is 300 g/mol. The van der Waals surface area contributed by atoms with Gasteiger partial charge in [-0.15, -0.1) is 0 Å². The van der Waals surface area contributed by atoms with Gasteiger partial charge in [0.2, 0.25) is 17.6 Å². The topological polar surface area (TPSA) is 64.2 Å². The second kappa shape index (κ2) is 5.26. The number of aromatic nitrogens is 3. The summed E-state index contributed by atoms with van der Waals surface area (Å²) in [4.78, 5) is 18.8. The van der Waals surface area contributed by atoms with Gasteiger partial charge < -0.3 is 14.0 Å². The van der Waals surface area contributed by atoms with Gasteiger partial charge in [0.1, 0.15) is 0 Å². The largest absolute Gasteiger partial charge is 0.348 e. The van der Waals surface area contributed by atoms with Crippen molar-refractivity contribution in [2.75, 3.05) is 13.1 Å². The molecule has 2 aliphatic rings. The number of carbonyl (C=O) groups excluding carboxylic acids is 1. The summed E-state index contributed by atoms with van der Waals surface area (Å²) in [5, 5.41) is 4.09. The van der Waals surface area contributed by atoms with Crippen molar-refractivity contribution >= 4 is 5.91 Å². The smallest absolute Gasteiger partial charge is 0.231 e. The zero-order valence-electron chi connectivity index (χ0n) is 12.7. The number of nitrogens with zero attached hydrogens (tertiary/aromatic N) is 4. The van der Waals surface area contributed by atoms with Crippen LogP contribution in [0.4, 0.5) is 0 Å². The third-order valence-electron chi connectivity index (χ3n) is 4.92. The normalized spacial score (nSPS) is 22.0. The number of carbonyl (C=O) groups is 1. The van der Waals surface area contributed by atoms with Crippen LogP contribution in [0, 0.1) is 5.92 Å². The first-order valence-corrected chi connectivity index (χ1v) is 7.96. The van der Waals surface area contributed by atoms with E-state index in [0.717, 1.165) is 31.5 Å². The second-order valence-corrected chi connectivity index (χ2v) is 6.36. The lowest BCUT2D eigenvalue weighted by atomic mass is 9.84. The SMILES string of the molecule is Cn1cccc1-c1noc(C2CCN(C(=O)C3CCC3)C2)n1. The fourth-order valence-corrected chi connectivity index (χ4v) is 3.27. The standard InChI is InChI=1S/C16H20N4O2/c1-19-8-3-6-13(19)14-17-15(22-18-14)12-7-9-20(10-12)16(21)11-4-2-5-11/h3,6,8,11-12H,2,4-5,7,9-10H2,1H3. The molecule has 6 heteroatoms. The van der Waals surface area contributed by atoms with Crippen LogP contribution < -0.4 is 0 Å². The molecule has 116 valence electrons. The van der Waals surface area contributed by atoms with Gasteiger partial charge in [0, 0.05) is 32.3 Å². The zero-order chi connectivity index (χ0) is 15.1. The number of hydrogen-bond acceptors (Lipinski definition) is 4. The summed E-state index contributed by atoms with van der Waals surface area (Å²) in [6.07, 6.45) is 6.17. The van der Waals surface area contributed by atoms with E-state index in [4.69, 9.17) is 4.52 Å². The Balaban J connectivity index is 1.46. The molecule has 1 aliphatic carbocycles. The van der Waals surface area contributed by atoms with Crippen molar-refractivity contribution in [2.45, 2.75) is 31.6 Å². The predicted molar refractivity (Wildman–Crippen MR) is 80.0 cm³/mol. The first-order valence-electron chi connectivity index (χ1n) is 7.96. The molecule has 1 saturated carbocycles. The Morgan fingerprint density at radius 2 is 2.23 bits per heavy atom. The molecule has 0 N–H and O–H groups in total. The Labute approximate surface area is 129 Å². The maximum absolute atomic E-state index is 12.3. The molecule has 0 spiro atoms. The van der Waals surface area contributed by atoms with Gasteiger partial charge in [-0.2, -0.15) is 4.98 Å². The summed E-state index contributed by atoms with van der Waals surface area (Å²) in [7, 11) is 1.96. The summed E-state index contributed by atoms with van der Waals surface area (Å²) < 4.78 is 7.41. The fourth-order valence-electron chi connectivity index (χ4n) is 3.27. The molecular weight excluding hydrogens is 280 g/mol. The van der Waals surface area contributed by atoms with Crippen LogP contribution in [-0.4, -0.2) is 38.6 Å². The molecule has 1 atom stereocenters. The highest BCUT2D eigenvalue weighted by molar-refractivity contribution is 5.80. The van der Waals surface area contributed by atoms with E-state index in [1.54, 1.807) is 0 Å². The first kappa shape index (κ1) is 13.5. The molecule has 0 radical (unpaired) electrons. The Bertz CT molecular complexity index is 686. The maximum atomic E-state index is 12.3. The molecule has 3 heterocycles. The van der Waals surface area contributed by atoms with Gasteiger partial charge in [0.05, 0.1) is 11.6 Å². The van der Waals surface area contributed by atoms with Crippen LogP contribution in [0.15, 0.2) is 22.9 Å². The molecule has 1 unspecified atom stereocenters. The van der Waals surface area contributed by atoms with Crippen molar-refractivity contribution in [1.29, 1.82) is 0 Å². The Kier molecular flexibility index (Phi) is 3.24. The van der Waals surface area contributed by atoms with E-state index in [-0.39, 0.29) is 11.8 Å². The number of amides is 1. The van der Waals surface area contributed by atoms with Crippen molar-refractivity contribution in [1.82, 2.24) is 19.6 Å². The Morgan fingerprint density at radius 3 is 2.91 bits per heavy atom. The summed E-state index contributed by atoms with van der Waals surface area (Å²) in [6.45, 7) is 1.52. The molecule has 1 amide bonds. The Hall–Kier alpha value is -2.11. The summed E-state index contributed by atoms with van der Waals surface area (Å²) in [5.74, 6) is 2.02. The minimum Gasteiger partial charge on any atom is -0.348 e. The van der Waals surface area contributed by atoms with E-state index in [9.17, 15) is 4.79 Å². The van der Waals surface area contributed by atoms with Crippen molar-refractivity contribution in [3.05, 3.63) is 24.2 Å². The number of aryl methyl sites for hydroxylation is 1. The van der Waals surface area contributed by atoms with Gasteiger partial charge in [-0.05, 0) is 31.4 Å². The highest BCUT2D eigenvalue weighted by atomic mass is 16.5. The minimum absolute atomic E-state index is 0.172. The lowest BCUT2D eigenvalue weighted by Crippen LogP contribution is -2.37. The summed E-state index contributed by atoms with van der Waals surface area (Å²) >= 11 is 0. The molecule has 6 nitrogen and oxygen atoms in total. The summed E-state index contributed by atoms with van der Waals surface area (Å²) in [6, 6.07) is 3.93. The zero-order valence-corrected chi connectivity index (χ0v) is 12.7. The van der Waals surface area contributed by atoms with Crippen LogP contribution in [0.25, 0.3) is 11.5 Å². The third-order valence-corrected chi connectivity index (χ3v) is 4.92. The highest BCUT2D eigenvalue weighted by Crippen LogP contribution is 2.33. The van der Waals surface area contributed by atoms with Gasteiger partial charge in [0.15, 0.2) is 0 Å². The lowest BCUT2D eigenvalue weighted by Gasteiger charge is -2.28. The molecule has 2 aromatic rings. The van der Waals surface area contributed by atoms with Crippen molar-refractivity contribution in [2.24, 2.45) is 13.0 Å². The Morgan fingerprint density at radius 1 is 1.36 bits per heavy atom. The average molecular weight is 300 g/mol. The third kappa shape index (κ3) is 2.23. The highest BCUT2D eigenvalue weighted by Gasteiger charge is 2.36. The van der Waals surface area contributed by atoms with Gasteiger partial charge in [-0.1, -0.05) is 11.6 Å². The molecular formula is C16H20N4O2. The van der Waals surface area contributed by atoms with E-state index >= 15 is 0 Å². The minimum atomic E-state index is 0.172. The van der Waals surface area contributed by atoms with Crippen molar-refractivity contribution in [3.8, 4) is 11.5 Å². The quantitative estimate of drug-likeness (QED) is 0.871. The van der Waals surface area contributed by atoms with Gasteiger partial charge in [-0.25, -0.2) is 0 Å². The van der Waals surface area contributed by atoms with Gasteiger partial charge in [-0.3, -0.25) is 4.79 Å². The molecule has 0 bridgehead atoms. The number of hydrogen-bond donors (Lipinski definition) is 0. The fraction of sp³-hybridized carbons (Fsp3) is 0.562. The van der Waals surface area contributed by atoms with E-state index in [1.165, 1.54) is 6.42 Å². The van der Waals surface area contributed by atoms with E-state index in [2.05, 4.69) is 10.1 Å². The summed E-state index contributed by atoms with van der Waals surface area (Å²) in [5.41, 5.74) is 0.940. The van der Waals surface area contributed by atoms with Gasteiger partial charge >= 0.3 is 0 Å². The van der Waals surface area contributed by atoms with E-state index in [0.29, 0.717) is 24.2 Å². The average Bonchev–Trinajstić information content (AvgIpc) is 3.15. The second-order valence-electron chi connectivity index (χ2n) is 6.36. The molecule has 1 saturated heterocycles. The predicted octanol–water partition coefficient (Wildman–Crippen LogP) is 2.19. The molecule has 22 heavy (non-hydrogen) atoms.